The van der Waals surface area contributed by atoms with Gasteiger partial charge in [0.25, 0.3) is 11.8 Å². The summed E-state index contributed by atoms with van der Waals surface area (Å²) in [4.78, 5) is 34.8. The van der Waals surface area contributed by atoms with E-state index in [9.17, 15) is 22.8 Å². The minimum atomic E-state index is -3.91. The van der Waals surface area contributed by atoms with E-state index in [1.807, 2.05) is 13.8 Å². The Kier molecular flexibility index (Phi) is 9.91. The third-order valence-electron chi connectivity index (χ3n) is 4.35. The number of carbonyl (C=O) groups is 3. The SMILES string of the molecule is CC(=O)Nc1ccc(S(=O)(=O)N(C)CC(=O)N/N=C/c2ccc(OCC(=O)NC(C)C)cc2)cc1. The average molecular weight is 504 g/mol. The van der Waals surface area contributed by atoms with Gasteiger partial charge in [0.05, 0.1) is 17.7 Å². The van der Waals surface area contributed by atoms with E-state index in [-0.39, 0.29) is 29.4 Å². The summed E-state index contributed by atoms with van der Waals surface area (Å²) in [5, 5.41) is 9.11. The summed E-state index contributed by atoms with van der Waals surface area (Å²) in [6.07, 6.45) is 1.39. The third kappa shape index (κ3) is 9.18. The molecular formula is C23H29N5O6S. The Morgan fingerprint density at radius 1 is 1.03 bits per heavy atom. The molecule has 3 N–H and O–H groups in total. The van der Waals surface area contributed by atoms with Gasteiger partial charge in [-0.15, -0.1) is 0 Å². The van der Waals surface area contributed by atoms with Crippen molar-refractivity contribution in [3.05, 3.63) is 54.1 Å². The van der Waals surface area contributed by atoms with Crippen molar-refractivity contribution in [2.24, 2.45) is 5.10 Å². The second kappa shape index (κ2) is 12.6. The van der Waals surface area contributed by atoms with E-state index < -0.39 is 22.5 Å². The van der Waals surface area contributed by atoms with E-state index in [1.54, 1.807) is 24.3 Å². The van der Waals surface area contributed by atoms with Gasteiger partial charge in [0, 0.05) is 25.7 Å². The van der Waals surface area contributed by atoms with Gasteiger partial charge in [0.2, 0.25) is 15.9 Å². The minimum Gasteiger partial charge on any atom is -0.484 e. The summed E-state index contributed by atoms with van der Waals surface area (Å²) >= 11 is 0. The zero-order valence-electron chi connectivity index (χ0n) is 19.9. The standard InChI is InChI=1S/C23H29N5O6S/c1-16(2)25-23(31)15-34-20-9-5-18(6-10-20)13-24-27-22(30)14-28(4)35(32,33)21-11-7-19(8-12-21)26-17(3)29/h5-13,16H,14-15H2,1-4H3,(H,25,31)(H,26,29)(H,27,30)/b24-13+. The number of benzene rings is 2. The second-order valence-electron chi connectivity index (χ2n) is 7.84. The predicted octanol–water partition coefficient (Wildman–Crippen LogP) is 1.32. The quantitative estimate of drug-likeness (QED) is 0.311. The summed E-state index contributed by atoms with van der Waals surface area (Å²) in [6, 6.07) is 12.3. The number of nitrogens with zero attached hydrogens (tertiary/aromatic N) is 2. The maximum atomic E-state index is 12.7. The van der Waals surface area contributed by atoms with E-state index in [0.29, 0.717) is 17.0 Å². The summed E-state index contributed by atoms with van der Waals surface area (Å²) in [5.74, 6) is -0.618. The monoisotopic (exact) mass is 503 g/mol. The highest BCUT2D eigenvalue weighted by molar-refractivity contribution is 7.89. The van der Waals surface area contributed by atoms with Crippen molar-refractivity contribution in [3.8, 4) is 5.75 Å². The van der Waals surface area contributed by atoms with Crippen LogP contribution in [0.5, 0.6) is 5.75 Å². The molecule has 0 aromatic heterocycles. The van der Waals surface area contributed by atoms with Crippen LogP contribution in [0, 0.1) is 0 Å². The molecule has 35 heavy (non-hydrogen) atoms. The molecule has 0 radical (unpaired) electrons. The number of hydrazone groups is 1. The minimum absolute atomic E-state index is 0.0191. The van der Waals surface area contributed by atoms with Crippen molar-refractivity contribution >= 4 is 39.6 Å². The van der Waals surface area contributed by atoms with Gasteiger partial charge in [-0.25, -0.2) is 13.8 Å². The van der Waals surface area contributed by atoms with Crippen LogP contribution < -0.4 is 20.8 Å². The number of nitrogens with one attached hydrogen (secondary N) is 3. The van der Waals surface area contributed by atoms with Gasteiger partial charge in [-0.05, 0) is 67.9 Å². The highest BCUT2D eigenvalue weighted by atomic mass is 32.2. The molecule has 0 saturated heterocycles. The lowest BCUT2D eigenvalue weighted by atomic mass is 10.2. The first kappa shape index (κ1) is 27.5. The molecule has 0 fully saturated rings. The molecule has 0 heterocycles. The van der Waals surface area contributed by atoms with Gasteiger partial charge in [-0.3, -0.25) is 14.4 Å². The number of anilines is 1. The van der Waals surface area contributed by atoms with Gasteiger partial charge >= 0.3 is 0 Å². The number of likely N-dealkylation sites (N-methyl/N-ethyl adjacent to an activating group) is 1. The molecular weight excluding hydrogens is 474 g/mol. The largest absolute Gasteiger partial charge is 0.484 e. The maximum absolute atomic E-state index is 12.7. The van der Waals surface area contributed by atoms with Crippen LogP contribution >= 0.6 is 0 Å². The molecule has 0 saturated carbocycles. The molecule has 188 valence electrons. The maximum Gasteiger partial charge on any atom is 0.258 e. The smallest absolute Gasteiger partial charge is 0.258 e. The molecule has 3 amide bonds. The Hall–Kier alpha value is -3.77. The number of hydrogen-bond donors (Lipinski definition) is 3. The summed E-state index contributed by atoms with van der Waals surface area (Å²) in [5.41, 5.74) is 3.40. The Morgan fingerprint density at radius 2 is 1.66 bits per heavy atom. The van der Waals surface area contributed by atoms with Crippen molar-refractivity contribution in [2.75, 3.05) is 25.5 Å². The molecule has 0 atom stereocenters. The Morgan fingerprint density at radius 3 is 2.23 bits per heavy atom. The Balaban J connectivity index is 1.85. The molecule has 0 unspecified atom stereocenters. The molecule has 0 aliphatic heterocycles. The van der Waals surface area contributed by atoms with Gasteiger partial charge in [-0.1, -0.05) is 0 Å². The molecule has 2 aromatic carbocycles. The fourth-order valence-corrected chi connectivity index (χ4v) is 3.88. The number of carbonyl (C=O) groups excluding carboxylic acids is 3. The summed E-state index contributed by atoms with van der Waals surface area (Å²) in [6.45, 7) is 4.52. The molecule has 0 aliphatic carbocycles. The number of hydrogen-bond acceptors (Lipinski definition) is 7. The number of sulfonamides is 1. The van der Waals surface area contributed by atoms with Crippen molar-refractivity contribution < 1.29 is 27.5 Å². The van der Waals surface area contributed by atoms with Gasteiger partial charge < -0.3 is 15.4 Å². The highest BCUT2D eigenvalue weighted by Gasteiger charge is 2.22. The molecule has 0 aliphatic rings. The van der Waals surface area contributed by atoms with Crippen LogP contribution in [-0.4, -0.2) is 62.9 Å². The normalized spacial score (nSPS) is 11.5. The molecule has 12 heteroatoms. The molecule has 11 nitrogen and oxygen atoms in total. The van der Waals surface area contributed by atoms with Crippen LogP contribution in [0.15, 0.2) is 58.5 Å². The average Bonchev–Trinajstić information content (AvgIpc) is 2.78. The highest BCUT2D eigenvalue weighted by Crippen LogP contribution is 2.17. The summed E-state index contributed by atoms with van der Waals surface area (Å²) in [7, 11) is -2.64. The van der Waals surface area contributed by atoms with Crippen molar-refractivity contribution in [1.82, 2.24) is 15.0 Å². The van der Waals surface area contributed by atoms with Crippen molar-refractivity contribution in [1.29, 1.82) is 0 Å². The van der Waals surface area contributed by atoms with Gasteiger partial charge in [0.15, 0.2) is 6.61 Å². The lowest BCUT2D eigenvalue weighted by Crippen LogP contribution is -2.36. The Labute approximate surface area is 204 Å². The fourth-order valence-electron chi connectivity index (χ4n) is 2.76. The zero-order chi connectivity index (χ0) is 26.0. The van der Waals surface area contributed by atoms with E-state index >= 15 is 0 Å². The van der Waals surface area contributed by atoms with Crippen LogP contribution in [-0.2, 0) is 24.4 Å². The zero-order valence-corrected chi connectivity index (χ0v) is 20.8. The third-order valence-corrected chi connectivity index (χ3v) is 6.17. The van der Waals surface area contributed by atoms with Crippen LogP contribution in [0.1, 0.15) is 26.3 Å². The number of ether oxygens (including phenoxy) is 1. The van der Waals surface area contributed by atoms with Crippen LogP contribution in [0.2, 0.25) is 0 Å². The van der Waals surface area contributed by atoms with Crippen molar-refractivity contribution in [2.45, 2.75) is 31.7 Å². The lowest BCUT2D eigenvalue weighted by molar-refractivity contribution is -0.123. The first-order chi connectivity index (χ1) is 16.5. The van der Waals surface area contributed by atoms with Gasteiger partial charge in [-0.2, -0.15) is 9.41 Å². The molecule has 0 bridgehead atoms. The van der Waals surface area contributed by atoms with Crippen molar-refractivity contribution in [3.63, 3.8) is 0 Å². The van der Waals surface area contributed by atoms with E-state index in [0.717, 1.165) is 4.31 Å². The first-order valence-corrected chi connectivity index (χ1v) is 12.1. The lowest BCUT2D eigenvalue weighted by Gasteiger charge is -2.16. The molecule has 2 rings (SSSR count). The molecule has 2 aromatic rings. The Bertz CT molecular complexity index is 1160. The molecule has 0 spiro atoms. The first-order valence-electron chi connectivity index (χ1n) is 10.7. The van der Waals surface area contributed by atoms with Crippen LogP contribution in [0.25, 0.3) is 0 Å². The fraction of sp³-hybridized carbons (Fsp3) is 0.304. The number of rotatable bonds is 11. The van der Waals surface area contributed by atoms with Crippen LogP contribution in [0.3, 0.4) is 0 Å². The van der Waals surface area contributed by atoms with E-state index in [4.69, 9.17) is 4.74 Å². The van der Waals surface area contributed by atoms with E-state index in [2.05, 4.69) is 21.2 Å². The summed E-state index contributed by atoms with van der Waals surface area (Å²) < 4.78 is 31.6. The van der Waals surface area contributed by atoms with E-state index in [1.165, 1.54) is 44.5 Å². The van der Waals surface area contributed by atoms with Crippen LogP contribution in [0.4, 0.5) is 5.69 Å². The van der Waals surface area contributed by atoms with Gasteiger partial charge in [0.1, 0.15) is 5.75 Å². The number of amides is 3. The predicted molar refractivity (Wildman–Crippen MR) is 132 cm³/mol. The topological polar surface area (TPSA) is 146 Å². The second-order valence-corrected chi connectivity index (χ2v) is 9.88.